The number of imidazole rings is 1. The number of aromatic nitrogens is 2. The minimum Gasteiger partial charge on any atom is -0.392 e. The van der Waals surface area contributed by atoms with E-state index in [1.807, 2.05) is 36.4 Å². The standard InChI is InChI=1S/C18H16N4O/c19-9-11-1-3-12(4-2-11)13-5-6-15-16(7-13)22-18(21-15)17-8-14(23)10-20-17/h1-7,14,17,20,23H,8,10H2,(H,21,22)/t14-,17-/m1/s1. The molecule has 1 aromatic heterocycles. The summed E-state index contributed by atoms with van der Waals surface area (Å²) >= 11 is 0. The molecule has 3 aromatic rings. The van der Waals surface area contributed by atoms with Gasteiger partial charge in [-0.05, 0) is 41.8 Å². The van der Waals surface area contributed by atoms with Crippen LogP contribution < -0.4 is 5.32 Å². The van der Waals surface area contributed by atoms with Gasteiger partial charge in [-0.3, -0.25) is 0 Å². The molecule has 1 aliphatic heterocycles. The van der Waals surface area contributed by atoms with Crippen molar-refractivity contribution in [3.63, 3.8) is 0 Å². The Kier molecular flexibility index (Phi) is 3.34. The Morgan fingerprint density at radius 1 is 1.13 bits per heavy atom. The van der Waals surface area contributed by atoms with Crippen LogP contribution in [0.15, 0.2) is 42.5 Å². The summed E-state index contributed by atoms with van der Waals surface area (Å²) in [5.41, 5.74) is 4.70. The van der Waals surface area contributed by atoms with Crippen molar-refractivity contribution in [2.75, 3.05) is 6.54 Å². The number of aliphatic hydroxyl groups is 1. The highest BCUT2D eigenvalue weighted by molar-refractivity contribution is 5.82. The van der Waals surface area contributed by atoms with Crippen LogP contribution in [0.1, 0.15) is 23.9 Å². The third-order valence-corrected chi connectivity index (χ3v) is 4.29. The number of nitrogens with zero attached hydrogens (tertiary/aromatic N) is 2. The summed E-state index contributed by atoms with van der Waals surface area (Å²) in [6.07, 6.45) is 0.380. The van der Waals surface area contributed by atoms with Gasteiger partial charge in [0.15, 0.2) is 0 Å². The molecule has 114 valence electrons. The zero-order valence-electron chi connectivity index (χ0n) is 12.5. The van der Waals surface area contributed by atoms with E-state index in [1.165, 1.54) is 0 Å². The van der Waals surface area contributed by atoms with Crippen molar-refractivity contribution in [2.24, 2.45) is 0 Å². The van der Waals surface area contributed by atoms with Crippen molar-refractivity contribution in [1.29, 1.82) is 5.26 Å². The molecule has 0 aliphatic carbocycles. The highest BCUT2D eigenvalue weighted by Gasteiger charge is 2.25. The molecule has 3 N–H and O–H groups in total. The van der Waals surface area contributed by atoms with Gasteiger partial charge in [0, 0.05) is 6.54 Å². The van der Waals surface area contributed by atoms with Crippen molar-refractivity contribution in [1.82, 2.24) is 15.3 Å². The maximum absolute atomic E-state index is 9.64. The van der Waals surface area contributed by atoms with E-state index in [-0.39, 0.29) is 12.1 Å². The molecule has 0 spiro atoms. The van der Waals surface area contributed by atoms with Crippen LogP contribution in [0.3, 0.4) is 0 Å². The zero-order chi connectivity index (χ0) is 15.8. The summed E-state index contributed by atoms with van der Waals surface area (Å²) in [6.45, 7) is 0.609. The molecule has 0 saturated carbocycles. The number of aromatic amines is 1. The topological polar surface area (TPSA) is 84.7 Å². The van der Waals surface area contributed by atoms with Crippen molar-refractivity contribution in [3.8, 4) is 17.2 Å². The molecule has 0 amide bonds. The van der Waals surface area contributed by atoms with E-state index >= 15 is 0 Å². The average molecular weight is 304 g/mol. The molecule has 2 aromatic carbocycles. The highest BCUT2D eigenvalue weighted by Crippen LogP contribution is 2.27. The van der Waals surface area contributed by atoms with E-state index in [2.05, 4.69) is 27.4 Å². The Labute approximate surface area is 133 Å². The quantitative estimate of drug-likeness (QED) is 0.679. The lowest BCUT2D eigenvalue weighted by Crippen LogP contribution is -2.15. The van der Waals surface area contributed by atoms with Gasteiger partial charge < -0.3 is 15.4 Å². The lowest BCUT2D eigenvalue weighted by atomic mass is 10.0. The average Bonchev–Trinajstić information content (AvgIpc) is 3.20. The molecular weight excluding hydrogens is 288 g/mol. The van der Waals surface area contributed by atoms with E-state index < -0.39 is 0 Å². The first-order valence-corrected chi connectivity index (χ1v) is 7.64. The second kappa shape index (κ2) is 5.51. The zero-order valence-corrected chi connectivity index (χ0v) is 12.5. The SMILES string of the molecule is N#Cc1ccc(-c2ccc3nc([C@H]4C[C@@H](O)CN4)[nH]c3c2)cc1. The van der Waals surface area contributed by atoms with Crippen LogP contribution in [-0.4, -0.2) is 27.7 Å². The molecule has 0 bridgehead atoms. The normalized spacial score (nSPS) is 20.7. The van der Waals surface area contributed by atoms with Gasteiger partial charge in [0.05, 0.1) is 34.8 Å². The van der Waals surface area contributed by atoms with Crippen molar-refractivity contribution < 1.29 is 5.11 Å². The lowest BCUT2D eigenvalue weighted by Gasteiger charge is -2.04. The number of rotatable bonds is 2. The Morgan fingerprint density at radius 3 is 2.61 bits per heavy atom. The number of aliphatic hydroxyl groups excluding tert-OH is 1. The number of β-amino-alcohol motifs (C(OH)–C–C–N with tert-alkyl or cyclic N) is 1. The molecule has 0 unspecified atom stereocenters. The first-order chi connectivity index (χ1) is 11.2. The number of hydrogen-bond acceptors (Lipinski definition) is 4. The molecule has 0 radical (unpaired) electrons. The van der Waals surface area contributed by atoms with Crippen molar-refractivity contribution in [3.05, 3.63) is 53.9 Å². The van der Waals surface area contributed by atoms with Crippen LogP contribution in [-0.2, 0) is 0 Å². The molecule has 1 aliphatic rings. The smallest absolute Gasteiger partial charge is 0.124 e. The van der Waals surface area contributed by atoms with Crippen molar-refractivity contribution in [2.45, 2.75) is 18.6 Å². The number of hydrogen-bond donors (Lipinski definition) is 3. The van der Waals surface area contributed by atoms with Gasteiger partial charge in [-0.2, -0.15) is 5.26 Å². The number of benzene rings is 2. The Balaban J connectivity index is 1.68. The molecule has 5 nitrogen and oxygen atoms in total. The summed E-state index contributed by atoms with van der Waals surface area (Å²) in [6, 6.07) is 15.8. The number of nitrogens with one attached hydrogen (secondary N) is 2. The fourth-order valence-corrected chi connectivity index (χ4v) is 3.04. The van der Waals surface area contributed by atoms with Crippen LogP contribution in [0.5, 0.6) is 0 Å². The van der Waals surface area contributed by atoms with E-state index in [4.69, 9.17) is 5.26 Å². The fraction of sp³-hybridized carbons (Fsp3) is 0.222. The first kappa shape index (κ1) is 13.9. The number of nitriles is 1. The summed E-state index contributed by atoms with van der Waals surface area (Å²) < 4.78 is 0. The summed E-state index contributed by atoms with van der Waals surface area (Å²) in [7, 11) is 0. The second-order valence-corrected chi connectivity index (χ2v) is 5.89. The highest BCUT2D eigenvalue weighted by atomic mass is 16.3. The van der Waals surface area contributed by atoms with Gasteiger partial charge in [-0.15, -0.1) is 0 Å². The van der Waals surface area contributed by atoms with Crippen LogP contribution in [0.2, 0.25) is 0 Å². The van der Waals surface area contributed by atoms with Gasteiger partial charge in [0.1, 0.15) is 5.82 Å². The third kappa shape index (κ3) is 2.59. The van der Waals surface area contributed by atoms with Gasteiger partial charge in [0.25, 0.3) is 0 Å². The minimum absolute atomic E-state index is 0.0794. The Hall–Kier alpha value is -2.68. The first-order valence-electron chi connectivity index (χ1n) is 7.64. The largest absolute Gasteiger partial charge is 0.392 e. The van der Waals surface area contributed by atoms with Gasteiger partial charge in [-0.1, -0.05) is 18.2 Å². The maximum Gasteiger partial charge on any atom is 0.124 e. The van der Waals surface area contributed by atoms with Gasteiger partial charge >= 0.3 is 0 Å². The molecule has 2 heterocycles. The van der Waals surface area contributed by atoms with Crippen LogP contribution in [0, 0.1) is 11.3 Å². The molecule has 1 fully saturated rings. The van der Waals surface area contributed by atoms with E-state index in [0.717, 1.165) is 28.0 Å². The van der Waals surface area contributed by atoms with Crippen molar-refractivity contribution >= 4 is 11.0 Å². The van der Waals surface area contributed by atoms with Crippen LogP contribution >= 0.6 is 0 Å². The molecule has 23 heavy (non-hydrogen) atoms. The number of fused-ring (bicyclic) bond motifs is 1. The summed E-state index contributed by atoms with van der Waals surface area (Å²) in [5.74, 6) is 0.869. The van der Waals surface area contributed by atoms with Gasteiger partial charge in [-0.25, -0.2) is 4.98 Å². The summed E-state index contributed by atoms with van der Waals surface area (Å²) in [5, 5.41) is 21.8. The molecule has 4 rings (SSSR count). The predicted octanol–water partition coefficient (Wildman–Crippen LogP) is 2.50. The van der Waals surface area contributed by atoms with E-state index in [9.17, 15) is 5.11 Å². The van der Waals surface area contributed by atoms with Gasteiger partial charge in [0.2, 0.25) is 0 Å². The fourth-order valence-electron chi connectivity index (χ4n) is 3.04. The van der Waals surface area contributed by atoms with Crippen LogP contribution in [0.25, 0.3) is 22.2 Å². The maximum atomic E-state index is 9.64. The molecule has 1 saturated heterocycles. The Morgan fingerprint density at radius 2 is 1.91 bits per heavy atom. The second-order valence-electron chi connectivity index (χ2n) is 5.89. The monoisotopic (exact) mass is 304 g/mol. The molecule has 5 heteroatoms. The summed E-state index contributed by atoms with van der Waals surface area (Å²) in [4.78, 5) is 7.97. The van der Waals surface area contributed by atoms with Crippen LogP contribution in [0.4, 0.5) is 0 Å². The Bertz CT molecular complexity index is 892. The van der Waals surface area contributed by atoms with E-state index in [1.54, 1.807) is 0 Å². The van der Waals surface area contributed by atoms with E-state index in [0.29, 0.717) is 18.5 Å². The third-order valence-electron chi connectivity index (χ3n) is 4.29. The lowest BCUT2D eigenvalue weighted by molar-refractivity contribution is 0.193. The number of H-pyrrole nitrogens is 1. The minimum atomic E-state index is -0.303. The molecule has 2 atom stereocenters. The predicted molar refractivity (Wildman–Crippen MR) is 87.6 cm³/mol. The molecular formula is C18H16N4O.